The minimum absolute atomic E-state index is 0.00287. The molecule has 5 rings (SSSR count). The van der Waals surface area contributed by atoms with Gasteiger partial charge in [0.1, 0.15) is 0 Å². The van der Waals surface area contributed by atoms with Crippen molar-refractivity contribution in [3.63, 3.8) is 0 Å². The van der Waals surface area contributed by atoms with E-state index in [9.17, 15) is 13.2 Å². The number of nitrogens with zero attached hydrogens (tertiary/aromatic N) is 1. The molecule has 7 nitrogen and oxygen atoms in total. The molecule has 1 N–H and O–H groups in total. The Labute approximate surface area is 193 Å². The van der Waals surface area contributed by atoms with Gasteiger partial charge < -0.3 is 14.4 Å². The van der Waals surface area contributed by atoms with Crippen molar-refractivity contribution in [2.75, 3.05) is 13.3 Å². The van der Waals surface area contributed by atoms with E-state index in [0.29, 0.717) is 23.6 Å². The molecule has 0 bridgehead atoms. The van der Waals surface area contributed by atoms with Gasteiger partial charge in [-0.1, -0.05) is 42.5 Å². The van der Waals surface area contributed by atoms with E-state index < -0.39 is 10.0 Å². The number of sulfonamides is 1. The van der Waals surface area contributed by atoms with E-state index in [2.05, 4.69) is 4.72 Å². The molecule has 170 valence electrons. The van der Waals surface area contributed by atoms with Gasteiger partial charge in [-0.15, -0.1) is 0 Å². The first-order chi connectivity index (χ1) is 16.0. The molecule has 33 heavy (non-hydrogen) atoms. The summed E-state index contributed by atoms with van der Waals surface area (Å²) in [5.74, 6) is 1.08. The van der Waals surface area contributed by atoms with Gasteiger partial charge in [-0.2, -0.15) is 0 Å². The zero-order valence-corrected chi connectivity index (χ0v) is 18.8. The lowest BCUT2D eigenvalue weighted by Gasteiger charge is -2.25. The summed E-state index contributed by atoms with van der Waals surface area (Å²) in [5, 5.41) is 0. The van der Waals surface area contributed by atoms with E-state index in [-0.39, 0.29) is 30.2 Å². The van der Waals surface area contributed by atoms with Crippen LogP contribution in [0.3, 0.4) is 0 Å². The lowest BCUT2D eigenvalue weighted by Crippen LogP contribution is -2.31. The Hall–Kier alpha value is -3.36. The molecule has 1 saturated heterocycles. The van der Waals surface area contributed by atoms with Crippen LogP contribution in [0.2, 0.25) is 0 Å². The van der Waals surface area contributed by atoms with E-state index in [1.807, 2.05) is 35.2 Å². The molecule has 1 amide bonds. The largest absolute Gasteiger partial charge is 0.454 e. The summed E-state index contributed by atoms with van der Waals surface area (Å²) in [6.07, 6.45) is 1.81. The van der Waals surface area contributed by atoms with Crippen molar-refractivity contribution in [3.05, 3.63) is 89.5 Å². The summed E-state index contributed by atoms with van der Waals surface area (Å²) < 4.78 is 39.1. The molecule has 0 saturated carbocycles. The molecule has 2 heterocycles. The number of carbonyl (C=O) groups is 1. The number of fused-ring (bicyclic) bond motifs is 1. The van der Waals surface area contributed by atoms with Crippen LogP contribution in [0.4, 0.5) is 0 Å². The molecule has 3 aromatic rings. The minimum Gasteiger partial charge on any atom is -0.454 e. The molecule has 2 aliphatic heterocycles. The number of benzene rings is 3. The number of hydrogen-bond acceptors (Lipinski definition) is 5. The Morgan fingerprint density at radius 1 is 0.970 bits per heavy atom. The number of likely N-dealkylation sites (tertiary alicyclic amines) is 1. The predicted octanol–water partition coefficient (Wildman–Crippen LogP) is 3.87. The third-order valence-corrected chi connectivity index (χ3v) is 7.39. The second-order valence-corrected chi connectivity index (χ2v) is 9.87. The molecule has 1 unspecified atom stereocenters. The topological polar surface area (TPSA) is 84.9 Å². The molecule has 2 aliphatic rings. The predicted molar refractivity (Wildman–Crippen MR) is 122 cm³/mol. The van der Waals surface area contributed by atoms with Gasteiger partial charge in [0, 0.05) is 18.7 Å². The Bertz CT molecular complexity index is 1280. The van der Waals surface area contributed by atoms with Crippen molar-refractivity contribution in [2.24, 2.45) is 0 Å². The minimum atomic E-state index is -3.81. The second kappa shape index (κ2) is 8.88. The summed E-state index contributed by atoms with van der Waals surface area (Å²) in [5.41, 5.74) is 2.21. The van der Waals surface area contributed by atoms with Crippen molar-refractivity contribution < 1.29 is 22.7 Å². The van der Waals surface area contributed by atoms with Crippen LogP contribution in [-0.4, -0.2) is 32.6 Å². The quantitative estimate of drug-likeness (QED) is 0.599. The highest BCUT2D eigenvalue weighted by Gasteiger charge is 2.31. The molecular weight excluding hydrogens is 440 g/mol. The molecule has 0 aromatic heterocycles. The van der Waals surface area contributed by atoms with Crippen LogP contribution in [0.1, 0.15) is 40.4 Å². The first-order valence-corrected chi connectivity index (χ1v) is 12.3. The van der Waals surface area contributed by atoms with Gasteiger partial charge in [-0.3, -0.25) is 4.79 Å². The highest BCUT2D eigenvalue weighted by atomic mass is 32.2. The molecule has 0 radical (unpaired) electrons. The van der Waals surface area contributed by atoms with Gasteiger partial charge in [0.15, 0.2) is 11.5 Å². The lowest BCUT2D eigenvalue weighted by molar-refractivity contribution is 0.0735. The molecular formula is C25H24N2O5S. The van der Waals surface area contributed by atoms with Gasteiger partial charge in [0.05, 0.1) is 10.9 Å². The van der Waals surface area contributed by atoms with Crippen molar-refractivity contribution in [1.82, 2.24) is 9.62 Å². The monoisotopic (exact) mass is 464 g/mol. The average Bonchev–Trinajstić information content (AvgIpc) is 3.52. The third-order valence-electron chi connectivity index (χ3n) is 5.99. The number of rotatable bonds is 6. The van der Waals surface area contributed by atoms with Crippen LogP contribution in [-0.2, 0) is 16.6 Å². The van der Waals surface area contributed by atoms with Crippen LogP contribution in [0.5, 0.6) is 11.5 Å². The summed E-state index contributed by atoms with van der Waals surface area (Å²) in [6, 6.07) is 21.5. The standard InChI is InChI=1S/C25H24N2O5S/c28-25(27-13-5-10-22(27)19-6-2-1-3-7-19)20-8-4-9-21(15-20)33(29,30)26-16-18-11-12-23-24(14-18)32-17-31-23/h1-4,6-9,11-12,14-15,22,26H,5,10,13,16-17H2. The fraction of sp³-hybridized carbons (Fsp3) is 0.240. The van der Waals surface area contributed by atoms with E-state index in [1.165, 1.54) is 12.1 Å². The molecule has 0 aliphatic carbocycles. The number of hydrogen-bond donors (Lipinski definition) is 1. The molecule has 8 heteroatoms. The van der Waals surface area contributed by atoms with E-state index >= 15 is 0 Å². The van der Waals surface area contributed by atoms with Crippen molar-refractivity contribution in [3.8, 4) is 11.5 Å². The lowest BCUT2D eigenvalue weighted by atomic mass is 10.0. The van der Waals surface area contributed by atoms with Crippen LogP contribution >= 0.6 is 0 Å². The first-order valence-electron chi connectivity index (χ1n) is 10.9. The normalized spacial score (nSPS) is 17.3. The van der Waals surface area contributed by atoms with E-state index in [0.717, 1.165) is 24.0 Å². The third kappa shape index (κ3) is 4.44. The maximum Gasteiger partial charge on any atom is 0.254 e. The van der Waals surface area contributed by atoms with Crippen LogP contribution in [0.25, 0.3) is 0 Å². The SMILES string of the molecule is O=C(c1cccc(S(=O)(=O)NCc2ccc3c(c2)OCO3)c1)N1CCCC1c1ccccc1. The smallest absolute Gasteiger partial charge is 0.254 e. The zero-order chi connectivity index (χ0) is 22.8. The van der Waals surface area contributed by atoms with Crippen molar-refractivity contribution in [2.45, 2.75) is 30.3 Å². The highest BCUT2D eigenvalue weighted by molar-refractivity contribution is 7.89. The summed E-state index contributed by atoms with van der Waals surface area (Å²) in [4.78, 5) is 15.2. The first kappa shape index (κ1) is 21.5. The van der Waals surface area contributed by atoms with Gasteiger partial charge in [0.25, 0.3) is 5.91 Å². The maximum atomic E-state index is 13.3. The average molecular weight is 465 g/mol. The van der Waals surface area contributed by atoms with Gasteiger partial charge >= 0.3 is 0 Å². The van der Waals surface area contributed by atoms with Gasteiger partial charge in [-0.25, -0.2) is 13.1 Å². The Morgan fingerprint density at radius 2 is 1.79 bits per heavy atom. The molecule has 0 spiro atoms. The summed E-state index contributed by atoms with van der Waals surface area (Å²) in [6.45, 7) is 0.907. The second-order valence-electron chi connectivity index (χ2n) is 8.11. The molecule has 1 atom stereocenters. The number of ether oxygens (including phenoxy) is 2. The fourth-order valence-electron chi connectivity index (χ4n) is 4.31. The molecule has 3 aromatic carbocycles. The Balaban J connectivity index is 1.32. The Kier molecular flexibility index (Phi) is 5.78. The maximum absolute atomic E-state index is 13.3. The zero-order valence-electron chi connectivity index (χ0n) is 17.9. The highest BCUT2D eigenvalue weighted by Crippen LogP contribution is 2.34. The fourth-order valence-corrected chi connectivity index (χ4v) is 5.37. The van der Waals surface area contributed by atoms with Gasteiger partial charge in [-0.05, 0) is 54.3 Å². The molecule has 1 fully saturated rings. The van der Waals surface area contributed by atoms with E-state index in [1.54, 1.807) is 30.3 Å². The number of carbonyl (C=O) groups excluding carboxylic acids is 1. The van der Waals surface area contributed by atoms with Crippen LogP contribution in [0.15, 0.2) is 77.7 Å². The Morgan fingerprint density at radius 3 is 2.64 bits per heavy atom. The van der Waals surface area contributed by atoms with Crippen molar-refractivity contribution in [1.29, 1.82) is 0 Å². The number of nitrogens with one attached hydrogen (secondary N) is 1. The van der Waals surface area contributed by atoms with Crippen molar-refractivity contribution >= 4 is 15.9 Å². The van der Waals surface area contributed by atoms with Crippen LogP contribution in [0, 0.1) is 0 Å². The number of amides is 1. The summed E-state index contributed by atoms with van der Waals surface area (Å²) >= 11 is 0. The van der Waals surface area contributed by atoms with E-state index in [4.69, 9.17) is 9.47 Å². The van der Waals surface area contributed by atoms with Gasteiger partial charge in [0.2, 0.25) is 16.8 Å². The van der Waals surface area contributed by atoms with Crippen LogP contribution < -0.4 is 14.2 Å². The summed E-state index contributed by atoms with van der Waals surface area (Å²) in [7, 11) is -3.81.